The monoisotopic (exact) mass is 853 g/mol. The van der Waals surface area contributed by atoms with E-state index in [2.05, 4.69) is 55.6 Å². The number of aliphatic hydroxyl groups is 1. The Hall–Kier alpha value is -1.28. The highest BCUT2D eigenvalue weighted by Gasteiger charge is 2.24. The molecule has 0 radical (unpaired) electrons. The van der Waals surface area contributed by atoms with Crippen LogP contribution in [0, 0.1) is 0 Å². The molecule has 3 unspecified atom stereocenters. The van der Waals surface area contributed by atoms with Crippen molar-refractivity contribution in [2.45, 2.75) is 238 Å². The SMILES string of the molecule is CCCCC/C=C\C/C=C\C/C=C\CCCCCCCCC(=O)NC(COP(=O)([O-])OCC[N+](C)(C)C)C(O)CCCCCCCCCCCCCCCCCCCC. The van der Waals surface area contributed by atoms with E-state index in [1.165, 1.54) is 135 Å². The second-order valence-corrected chi connectivity index (χ2v) is 19.6. The number of hydrogen-bond acceptors (Lipinski definition) is 6. The molecule has 0 aliphatic rings. The van der Waals surface area contributed by atoms with Crippen molar-refractivity contribution in [3.05, 3.63) is 36.5 Å². The second-order valence-electron chi connectivity index (χ2n) is 18.2. The minimum Gasteiger partial charge on any atom is -0.756 e. The smallest absolute Gasteiger partial charge is 0.268 e. The molecule has 0 bridgehead atoms. The molecule has 1 amide bonds. The van der Waals surface area contributed by atoms with Gasteiger partial charge in [-0.15, -0.1) is 0 Å². The summed E-state index contributed by atoms with van der Waals surface area (Å²) in [6.07, 6.45) is 51.4. The van der Waals surface area contributed by atoms with Crippen molar-refractivity contribution in [3.63, 3.8) is 0 Å². The number of carbonyl (C=O) groups is 1. The molecule has 0 aromatic carbocycles. The van der Waals surface area contributed by atoms with E-state index in [1.807, 2.05) is 21.1 Å². The van der Waals surface area contributed by atoms with Crippen LogP contribution >= 0.6 is 7.82 Å². The maximum absolute atomic E-state index is 12.9. The maximum Gasteiger partial charge on any atom is 0.268 e. The molecule has 0 spiro atoms. The summed E-state index contributed by atoms with van der Waals surface area (Å²) in [4.78, 5) is 25.4. The number of carbonyl (C=O) groups excluding carboxylic acids is 1. The van der Waals surface area contributed by atoms with Crippen molar-refractivity contribution in [2.75, 3.05) is 40.9 Å². The van der Waals surface area contributed by atoms with E-state index >= 15 is 0 Å². The lowest BCUT2D eigenvalue weighted by molar-refractivity contribution is -0.870. The summed E-state index contributed by atoms with van der Waals surface area (Å²) in [5.41, 5.74) is 0. The number of allylic oxidation sites excluding steroid dienone is 6. The topological polar surface area (TPSA) is 108 Å². The second kappa shape index (κ2) is 42.0. The predicted molar refractivity (Wildman–Crippen MR) is 251 cm³/mol. The first-order valence-corrected chi connectivity index (χ1v) is 26.3. The third kappa shape index (κ3) is 44.6. The standard InChI is InChI=1S/C50H97N2O6P/c1-6-8-10-12-14-16-18-20-22-24-26-28-30-32-34-36-38-40-42-44-50(54)51-48(47-58-59(55,56)57-46-45-52(3,4)5)49(53)43-41-39-37-35-33-31-29-27-25-23-21-19-17-15-13-11-9-7-2/h14,16,20,22,26,28,48-49,53H,6-13,15,17-19,21,23-25,27,29-47H2,1-5H3,(H-,51,54,55,56)/b16-14-,22-20-,28-26-. The van der Waals surface area contributed by atoms with Crippen molar-refractivity contribution in [1.82, 2.24) is 5.32 Å². The molecule has 9 heteroatoms. The quantitative estimate of drug-likeness (QED) is 0.0273. The van der Waals surface area contributed by atoms with Crippen molar-refractivity contribution in [3.8, 4) is 0 Å². The number of quaternary nitrogens is 1. The molecule has 59 heavy (non-hydrogen) atoms. The molecule has 0 aliphatic heterocycles. The van der Waals surface area contributed by atoms with Crippen LogP contribution in [0.3, 0.4) is 0 Å². The van der Waals surface area contributed by atoms with Gasteiger partial charge in [-0.05, 0) is 51.4 Å². The fourth-order valence-electron chi connectivity index (χ4n) is 7.16. The van der Waals surface area contributed by atoms with Crippen LogP contribution in [-0.2, 0) is 18.4 Å². The number of phosphoric ester groups is 1. The number of aliphatic hydroxyl groups excluding tert-OH is 1. The first kappa shape index (κ1) is 57.7. The highest BCUT2D eigenvalue weighted by atomic mass is 31.2. The highest BCUT2D eigenvalue weighted by molar-refractivity contribution is 7.45. The fourth-order valence-corrected chi connectivity index (χ4v) is 7.89. The molecule has 348 valence electrons. The van der Waals surface area contributed by atoms with E-state index in [0.29, 0.717) is 23.9 Å². The van der Waals surface area contributed by atoms with Crippen LogP contribution < -0.4 is 10.2 Å². The van der Waals surface area contributed by atoms with E-state index in [0.717, 1.165) is 64.2 Å². The molecule has 0 aromatic heterocycles. The van der Waals surface area contributed by atoms with Gasteiger partial charge in [0.2, 0.25) is 5.91 Å². The van der Waals surface area contributed by atoms with Gasteiger partial charge in [0.25, 0.3) is 7.82 Å². The summed E-state index contributed by atoms with van der Waals surface area (Å²) >= 11 is 0. The van der Waals surface area contributed by atoms with Crippen LogP contribution in [0.2, 0.25) is 0 Å². The van der Waals surface area contributed by atoms with E-state index in [1.54, 1.807) is 0 Å². The van der Waals surface area contributed by atoms with E-state index in [-0.39, 0.29) is 19.1 Å². The van der Waals surface area contributed by atoms with Crippen LogP contribution in [-0.4, -0.2) is 68.5 Å². The van der Waals surface area contributed by atoms with Gasteiger partial charge in [0.15, 0.2) is 0 Å². The van der Waals surface area contributed by atoms with Gasteiger partial charge in [-0.3, -0.25) is 9.36 Å². The van der Waals surface area contributed by atoms with Gasteiger partial charge in [-0.2, -0.15) is 0 Å². The lowest BCUT2D eigenvalue weighted by Gasteiger charge is -2.30. The Bertz CT molecular complexity index is 1060. The number of rotatable bonds is 45. The molecule has 0 rings (SSSR count). The largest absolute Gasteiger partial charge is 0.756 e. The van der Waals surface area contributed by atoms with Crippen molar-refractivity contribution >= 4 is 13.7 Å². The highest BCUT2D eigenvalue weighted by Crippen LogP contribution is 2.38. The predicted octanol–water partition coefficient (Wildman–Crippen LogP) is 13.6. The first-order chi connectivity index (χ1) is 28.5. The van der Waals surface area contributed by atoms with E-state index in [4.69, 9.17) is 9.05 Å². The van der Waals surface area contributed by atoms with Gasteiger partial charge in [0.1, 0.15) is 13.2 Å². The lowest BCUT2D eigenvalue weighted by Crippen LogP contribution is -2.46. The van der Waals surface area contributed by atoms with Crippen LogP contribution in [0.1, 0.15) is 226 Å². The molecular formula is C50H97N2O6P. The van der Waals surface area contributed by atoms with Gasteiger partial charge < -0.3 is 28.8 Å². The zero-order valence-corrected chi connectivity index (χ0v) is 40.4. The average molecular weight is 853 g/mol. The minimum absolute atomic E-state index is 0.00896. The number of phosphoric acid groups is 1. The number of nitrogens with zero attached hydrogens (tertiary/aromatic N) is 1. The molecule has 0 saturated heterocycles. The summed E-state index contributed by atoms with van der Waals surface area (Å²) in [6.45, 7) is 4.69. The summed E-state index contributed by atoms with van der Waals surface area (Å²) in [6, 6.07) is -0.807. The summed E-state index contributed by atoms with van der Waals surface area (Å²) in [7, 11) is 1.30. The molecule has 0 fully saturated rings. The Morgan fingerprint density at radius 3 is 1.46 bits per heavy atom. The van der Waals surface area contributed by atoms with Gasteiger partial charge in [0, 0.05) is 6.42 Å². The Kier molecular flexibility index (Phi) is 41.1. The number of unbranched alkanes of at least 4 members (excludes halogenated alkanes) is 26. The third-order valence-electron chi connectivity index (χ3n) is 11.1. The maximum atomic E-state index is 12.9. The lowest BCUT2D eigenvalue weighted by atomic mass is 10.0. The van der Waals surface area contributed by atoms with Crippen LogP contribution in [0.15, 0.2) is 36.5 Å². The number of hydrogen-bond donors (Lipinski definition) is 2. The molecule has 0 aliphatic carbocycles. The zero-order valence-electron chi connectivity index (χ0n) is 39.5. The molecule has 8 nitrogen and oxygen atoms in total. The minimum atomic E-state index is -4.57. The van der Waals surface area contributed by atoms with Crippen LogP contribution in [0.5, 0.6) is 0 Å². The zero-order chi connectivity index (χ0) is 43.6. The fraction of sp³-hybridized carbons (Fsp3) is 0.860. The number of nitrogens with one attached hydrogen (secondary N) is 1. The van der Waals surface area contributed by atoms with E-state index < -0.39 is 20.0 Å². The Labute approximate surface area is 366 Å². The summed E-state index contributed by atoms with van der Waals surface area (Å²) in [5, 5.41) is 14.0. The van der Waals surface area contributed by atoms with Gasteiger partial charge in [-0.25, -0.2) is 0 Å². The third-order valence-corrected chi connectivity index (χ3v) is 12.1. The van der Waals surface area contributed by atoms with Crippen LogP contribution in [0.4, 0.5) is 0 Å². The molecule has 2 N–H and O–H groups in total. The van der Waals surface area contributed by atoms with Crippen molar-refractivity contribution in [1.29, 1.82) is 0 Å². The van der Waals surface area contributed by atoms with Crippen molar-refractivity contribution < 1.29 is 32.9 Å². The number of likely N-dealkylation sites (N-methyl/N-ethyl adjacent to an activating group) is 1. The Morgan fingerprint density at radius 1 is 0.593 bits per heavy atom. The molecule has 0 heterocycles. The Balaban J connectivity index is 4.32. The van der Waals surface area contributed by atoms with Crippen LogP contribution in [0.25, 0.3) is 0 Å². The summed E-state index contributed by atoms with van der Waals surface area (Å²) in [5.74, 6) is -0.177. The normalized spacial score (nSPS) is 14.5. The molecule has 3 atom stereocenters. The van der Waals surface area contributed by atoms with Gasteiger partial charge >= 0.3 is 0 Å². The molecule has 0 aromatic rings. The number of amides is 1. The average Bonchev–Trinajstić information content (AvgIpc) is 3.19. The molecule has 0 saturated carbocycles. The Morgan fingerprint density at radius 2 is 0.983 bits per heavy atom. The molecular weight excluding hydrogens is 756 g/mol. The van der Waals surface area contributed by atoms with Gasteiger partial charge in [-0.1, -0.05) is 204 Å². The summed E-state index contributed by atoms with van der Waals surface area (Å²) < 4.78 is 23.3. The van der Waals surface area contributed by atoms with Crippen molar-refractivity contribution in [2.24, 2.45) is 0 Å². The van der Waals surface area contributed by atoms with E-state index in [9.17, 15) is 19.4 Å². The van der Waals surface area contributed by atoms with Gasteiger partial charge in [0.05, 0.1) is 39.9 Å². The first-order valence-electron chi connectivity index (χ1n) is 24.8.